The lowest BCUT2D eigenvalue weighted by Gasteiger charge is -2.11. The van der Waals surface area contributed by atoms with E-state index in [1.54, 1.807) is 11.4 Å². The van der Waals surface area contributed by atoms with Crippen LogP contribution in [0.2, 0.25) is 0 Å². The van der Waals surface area contributed by atoms with Crippen LogP contribution in [0.5, 0.6) is 0 Å². The molecule has 2 aromatic heterocycles. The lowest BCUT2D eigenvalue weighted by molar-refractivity contribution is 0.183. The van der Waals surface area contributed by atoms with Crippen LogP contribution in [0, 0.1) is 0 Å². The maximum Gasteiger partial charge on any atom is 0.250 e. The Balaban J connectivity index is 1.81. The fourth-order valence-electron chi connectivity index (χ4n) is 2.42. The number of nitrogens with one attached hydrogen (secondary N) is 1. The van der Waals surface area contributed by atoms with Gasteiger partial charge in [-0.2, -0.15) is 0 Å². The van der Waals surface area contributed by atoms with E-state index in [0.29, 0.717) is 5.56 Å². The Labute approximate surface area is 132 Å². The summed E-state index contributed by atoms with van der Waals surface area (Å²) in [6, 6.07) is 10.9. The molecule has 3 rings (SSSR count). The molecule has 116 valence electrons. The standard InChI is InChI=1S/C15H16N2O3S2/c1-17-10-12(11-5-2-3-6-13(11)17)14(18)9-16-22(19,20)15-7-4-8-21-15/h2-8,10,14,16,18H,9H2,1H3. The number of para-hydroxylation sites is 1. The van der Waals surface area contributed by atoms with Crippen LogP contribution in [-0.2, 0) is 17.1 Å². The average molecular weight is 336 g/mol. The van der Waals surface area contributed by atoms with Crippen LogP contribution in [0.3, 0.4) is 0 Å². The maximum atomic E-state index is 12.1. The summed E-state index contributed by atoms with van der Waals surface area (Å²) in [5.41, 5.74) is 1.71. The summed E-state index contributed by atoms with van der Waals surface area (Å²) in [7, 11) is -1.67. The third-order valence-electron chi connectivity index (χ3n) is 3.51. The van der Waals surface area contributed by atoms with Gasteiger partial charge >= 0.3 is 0 Å². The third-order valence-corrected chi connectivity index (χ3v) is 6.33. The molecule has 1 unspecified atom stereocenters. The third kappa shape index (κ3) is 2.80. The molecule has 7 heteroatoms. The molecule has 1 atom stereocenters. The van der Waals surface area contributed by atoms with Crippen molar-refractivity contribution in [2.75, 3.05) is 6.54 Å². The Morgan fingerprint density at radius 1 is 1.27 bits per heavy atom. The summed E-state index contributed by atoms with van der Waals surface area (Å²) in [5.74, 6) is 0. The molecule has 3 aromatic rings. The number of rotatable bonds is 5. The van der Waals surface area contributed by atoms with Crippen molar-refractivity contribution in [3.05, 3.63) is 53.5 Å². The molecule has 0 aliphatic carbocycles. The first-order chi connectivity index (χ1) is 10.5. The molecular weight excluding hydrogens is 320 g/mol. The van der Waals surface area contributed by atoms with Gasteiger partial charge in [0, 0.05) is 36.3 Å². The molecule has 0 aliphatic heterocycles. The fraction of sp³-hybridized carbons (Fsp3) is 0.200. The van der Waals surface area contributed by atoms with Gasteiger partial charge in [0.05, 0.1) is 6.10 Å². The molecule has 0 spiro atoms. The Bertz CT molecular complexity index is 883. The second-order valence-electron chi connectivity index (χ2n) is 5.01. The largest absolute Gasteiger partial charge is 0.387 e. The SMILES string of the molecule is Cn1cc(C(O)CNS(=O)(=O)c2cccs2)c2ccccc21. The van der Waals surface area contributed by atoms with Crippen molar-refractivity contribution in [1.82, 2.24) is 9.29 Å². The molecule has 22 heavy (non-hydrogen) atoms. The number of sulfonamides is 1. The topological polar surface area (TPSA) is 71.3 Å². The first-order valence-corrected chi connectivity index (χ1v) is 9.10. The second kappa shape index (κ2) is 5.85. The van der Waals surface area contributed by atoms with Gasteiger partial charge in [-0.25, -0.2) is 13.1 Å². The van der Waals surface area contributed by atoms with Gasteiger partial charge in [-0.3, -0.25) is 0 Å². The van der Waals surface area contributed by atoms with Crippen LogP contribution >= 0.6 is 11.3 Å². The average Bonchev–Trinajstić information content (AvgIpc) is 3.14. The zero-order valence-electron chi connectivity index (χ0n) is 11.9. The number of hydrogen-bond acceptors (Lipinski definition) is 4. The van der Waals surface area contributed by atoms with Gasteiger partial charge in [0.2, 0.25) is 10.0 Å². The molecule has 0 saturated carbocycles. The van der Waals surface area contributed by atoms with Crippen LogP contribution < -0.4 is 4.72 Å². The molecule has 0 fully saturated rings. The molecule has 0 amide bonds. The van der Waals surface area contributed by atoms with E-state index in [2.05, 4.69) is 4.72 Å². The number of hydrogen-bond donors (Lipinski definition) is 2. The molecule has 1 aromatic carbocycles. The van der Waals surface area contributed by atoms with Crippen LogP contribution in [0.25, 0.3) is 10.9 Å². The molecule has 0 bridgehead atoms. The molecule has 2 heterocycles. The van der Waals surface area contributed by atoms with E-state index in [-0.39, 0.29) is 10.8 Å². The molecule has 5 nitrogen and oxygen atoms in total. The number of fused-ring (bicyclic) bond motifs is 1. The van der Waals surface area contributed by atoms with Gasteiger partial charge in [-0.05, 0) is 17.5 Å². The molecule has 2 N–H and O–H groups in total. The van der Waals surface area contributed by atoms with E-state index >= 15 is 0 Å². The van der Waals surface area contributed by atoms with Gasteiger partial charge in [-0.15, -0.1) is 11.3 Å². The Morgan fingerprint density at radius 2 is 2.05 bits per heavy atom. The van der Waals surface area contributed by atoms with Crippen molar-refractivity contribution in [3.8, 4) is 0 Å². The Kier molecular flexibility index (Phi) is 4.05. The molecule has 0 aliphatic rings. The number of aromatic nitrogens is 1. The predicted molar refractivity (Wildman–Crippen MR) is 87.4 cm³/mol. The number of benzene rings is 1. The monoisotopic (exact) mass is 336 g/mol. The van der Waals surface area contributed by atoms with Gasteiger partial charge < -0.3 is 9.67 Å². The molecule has 0 saturated heterocycles. The van der Waals surface area contributed by atoms with Gasteiger partial charge in [0.1, 0.15) is 4.21 Å². The highest BCUT2D eigenvalue weighted by atomic mass is 32.2. The van der Waals surface area contributed by atoms with E-state index in [1.807, 2.05) is 42.1 Å². The molecule has 0 radical (unpaired) electrons. The van der Waals surface area contributed by atoms with E-state index in [0.717, 1.165) is 22.2 Å². The Hall–Kier alpha value is -1.67. The van der Waals surface area contributed by atoms with Crippen LogP contribution in [0.15, 0.2) is 52.2 Å². The summed E-state index contributed by atoms with van der Waals surface area (Å²) >= 11 is 1.15. The predicted octanol–water partition coefficient (Wildman–Crippen LogP) is 2.25. The highest BCUT2D eigenvalue weighted by molar-refractivity contribution is 7.91. The summed E-state index contributed by atoms with van der Waals surface area (Å²) in [6.45, 7) is -0.0613. The van der Waals surface area contributed by atoms with Crippen molar-refractivity contribution in [2.45, 2.75) is 10.3 Å². The number of aryl methyl sites for hydroxylation is 1. The first kappa shape index (κ1) is 15.2. The van der Waals surface area contributed by atoms with E-state index in [1.165, 1.54) is 6.07 Å². The minimum atomic E-state index is -3.56. The fourth-order valence-corrected chi connectivity index (χ4v) is 4.50. The highest BCUT2D eigenvalue weighted by Crippen LogP contribution is 2.26. The van der Waals surface area contributed by atoms with Crippen molar-refractivity contribution < 1.29 is 13.5 Å². The minimum Gasteiger partial charge on any atom is -0.387 e. The number of nitrogens with zero attached hydrogens (tertiary/aromatic N) is 1. The lowest BCUT2D eigenvalue weighted by atomic mass is 10.1. The summed E-state index contributed by atoms with van der Waals surface area (Å²) in [6.07, 6.45) is 0.926. The first-order valence-electron chi connectivity index (χ1n) is 6.74. The number of aliphatic hydroxyl groups excluding tert-OH is 1. The zero-order valence-corrected chi connectivity index (χ0v) is 13.6. The lowest BCUT2D eigenvalue weighted by Crippen LogP contribution is -2.27. The Morgan fingerprint density at radius 3 is 2.77 bits per heavy atom. The van der Waals surface area contributed by atoms with Crippen molar-refractivity contribution in [1.29, 1.82) is 0 Å². The van der Waals surface area contributed by atoms with E-state index in [9.17, 15) is 13.5 Å². The van der Waals surface area contributed by atoms with Crippen LogP contribution in [0.4, 0.5) is 0 Å². The van der Waals surface area contributed by atoms with Crippen molar-refractivity contribution >= 4 is 32.3 Å². The summed E-state index contributed by atoms with van der Waals surface area (Å²) in [5, 5.41) is 13.0. The van der Waals surface area contributed by atoms with Crippen molar-refractivity contribution in [2.24, 2.45) is 7.05 Å². The van der Waals surface area contributed by atoms with Gasteiger partial charge in [0.15, 0.2) is 0 Å². The quantitative estimate of drug-likeness (QED) is 0.751. The smallest absolute Gasteiger partial charge is 0.250 e. The van der Waals surface area contributed by atoms with E-state index < -0.39 is 16.1 Å². The van der Waals surface area contributed by atoms with Gasteiger partial charge in [0.25, 0.3) is 0 Å². The van der Waals surface area contributed by atoms with Crippen LogP contribution in [-0.4, -0.2) is 24.6 Å². The maximum absolute atomic E-state index is 12.1. The zero-order chi connectivity index (χ0) is 15.7. The number of aliphatic hydroxyl groups is 1. The number of thiophene rings is 1. The second-order valence-corrected chi connectivity index (χ2v) is 7.95. The normalized spacial score (nSPS) is 13.5. The van der Waals surface area contributed by atoms with Crippen molar-refractivity contribution in [3.63, 3.8) is 0 Å². The highest BCUT2D eigenvalue weighted by Gasteiger charge is 2.19. The summed E-state index contributed by atoms with van der Waals surface area (Å²) in [4.78, 5) is 0. The minimum absolute atomic E-state index is 0.0613. The summed E-state index contributed by atoms with van der Waals surface area (Å²) < 4.78 is 28.8. The van der Waals surface area contributed by atoms with Crippen LogP contribution in [0.1, 0.15) is 11.7 Å². The van der Waals surface area contributed by atoms with Gasteiger partial charge in [-0.1, -0.05) is 24.3 Å². The molecular formula is C15H16N2O3S2. The van der Waals surface area contributed by atoms with E-state index in [4.69, 9.17) is 0 Å².